The number of carbonyl (C=O) groups is 1. The van der Waals surface area contributed by atoms with E-state index in [1.54, 1.807) is 18.2 Å². The number of nitrogens with zero attached hydrogens (tertiary/aromatic N) is 1. The van der Waals surface area contributed by atoms with Crippen LogP contribution in [0.25, 0.3) is 10.9 Å². The quantitative estimate of drug-likeness (QED) is 0.371. The molecule has 0 aliphatic rings. The van der Waals surface area contributed by atoms with E-state index in [1.165, 1.54) is 13.2 Å². The van der Waals surface area contributed by atoms with Crippen molar-refractivity contribution in [2.24, 2.45) is 0 Å². The lowest BCUT2D eigenvalue weighted by molar-refractivity contribution is -0.142. The molecule has 0 saturated carbocycles. The number of anilines is 2. The highest BCUT2D eigenvalue weighted by Gasteiger charge is 2.37. The van der Waals surface area contributed by atoms with E-state index in [0.717, 1.165) is 12.1 Å². The molecule has 0 bridgehead atoms. The SMILES string of the molecule is COc1ccccc1NC(=O)NNc1cc(C(F)(F)F)nc2c(C(F)(F)F)cccc12. The molecule has 0 aliphatic carbocycles. The maximum absolute atomic E-state index is 13.3. The van der Waals surface area contributed by atoms with Crippen molar-refractivity contribution in [3.05, 3.63) is 59.8 Å². The summed E-state index contributed by atoms with van der Waals surface area (Å²) in [6, 6.07) is 8.75. The summed E-state index contributed by atoms with van der Waals surface area (Å²) in [7, 11) is 1.37. The minimum atomic E-state index is -5.01. The molecule has 3 rings (SSSR count). The van der Waals surface area contributed by atoms with Crippen molar-refractivity contribution in [1.82, 2.24) is 10.4 Å². The molecule has 0 saturated heterocycles. The number of hydrogen-bond acceptors (Lipinski definition) is 4. The van der Waals surface area contributed by atoms with Crippen LogP contribution in [0.1, 0.15) is 11.3 Å². The zero-order valence-corrected chi connectivity index (χ0v) is 15.7. The number of ether oxygens (including phenoxy) is 1. The Morgan fingerprint density at radius 1 is 0.935 bits per heavy atom. The second-order valence-corrected chi connectivity index (χ2v) is 6.16. The number of para-hydroxylation sites is 3. The number of nitrogens with one attached hydrogen (secondary N) is 3. The Morgan fingerprint density at radius 3 is 2.29 bits per heavy atom. The van der Waals surface area contributed by atoms with Gasteiger partial charge in [-0.3, -0.25) is 10.9 Å². The third-order valence-electron chi connectivity index (χ3n) is 4.10. The number of aromatic nitrogens is 1. The van der Waals surface area contributed by atoms with E-state index in [1.807, 2.05) is 0 Å². The van der Waals surface area contributed by atoms with Crippen molar-refractivity contribution in [1.29, 1.82) is 0 Å². The molecule has 3 aromatic rings. The van der Waals surface area contributed by atoms with Crippen LogP contribution in [0.15, 0.2) is 48.5 Å². The van der Waals surface area contributed by atoms with E-state index in [2.05, 4.69) is 21.2 Å². The predicted molar refractivity (Wildman–Crippen MR) is 101 cm³/mol. The number of rotatable bonds is 4. The average Bonchev–Trinajstić information content (AvgIpc) is 2.70. The van der Waals surface area contributed by atoms with Crippen LogP contribution in [0.5, 0.6) is 5.75 Å². The van der Waals surface area contributed by atoms with E-state index in [0.29, 0.717) is 17.9 Å². The Balaban J connectivity index is 1.95. The van der Waals surface area contributed by atoms with Crippen molar-refractivity contribution in [3.8, 4) is 5.75 Å². The molecule has 12 heteroatoms. The number of hydrogen-bond donors (Lipinski definition) is 3. The summed E-state index contributed by atoms with van der Waals surface area (Å²) in [6.45, 7) is 0. The van der Waals surface area contributed by atoms with Gasteiger partial charge in [-0.15, -0.1) is 0 Å². The van der Waals surface area contributed by atoms with E-state index in [9.17, 15) is 31.1 Å². The van der Waals surface area contributed by atoms with Gasteiger partial charge in [-0.05, 0) is 24.3 Å². The van der Waals surface area contributed by atoms with Gasteiger partial charge in [-0.2, -0.15) is 26.3 Å². The Labute approximate surface area is 171 Å². The number of pyridine rings is 1. The second-order valence-electron chi connectivity index (χ2n) is 6.16. The van der Waals surface area contributed by atoms with E-state index in [4.69, 9.17) is 4.74 Å². The van der Waals surface area contributed by atoms with Crippen LogP contribution in [0.3, 0.4) is 0 Å². The van der Waals surface area contributed by atoms with Crippen LogP contribution in [0.2, 0.25) is 0 Å². The first-order chi connectivity index (χ1) is 14.5. The second kappa shape index (κ2) is 8.20. The number of methoxy groups -OCH3 is 1. The van der Waals surface area contributed by atoms with Gasteiger partial charge in [0.15, 0.2) is 0 Å². The Morgan fingerprint density at radius 2 is 1.65 bits per heavy atom. The van der Waals surface area contributed by atoms with Gasteiger partial charge >= 0.3 is 18.4 Å². The maximum Gasteiger partial charge on any atom is 0.433 e. The number of fused-ring (bicyclic) bond motifs is 1. The summed E-state index contributed by atoms with van der Waals surface area (Å²) in [5, 5.41) is 2.14. The third-order valence-corrected chi connectivity index (χ3v) is 4.10. The van der Waals surface area contributed by atoms with E-state index in [-0.39, 0.29) is 11.1 Å². The summed E-state index contributed by atoms with van der Waals surface area (Å²) in [5.74, 6) is 0.321. The lowest BCUT2D eigenvalue weighted by atomic mass is 10.1. The van der Waals surface area contributed by atoms with Gasteiger partial charge in [0.05, 0.1) is 29.6 Å². The molecule has 2 aromatic carbocycles. The van der Waals surface area contributed by atoms with Crippen molar-refractivity contribution in [3.63, 3.8) is 0 Å². The Bertz CT molecular complexity index is 1110. The molecule has 0 aliphatic heterocycles. The first-order valence-corrected chi connectivity index (χ1v) is 8.55. The molecule has 0 spiro atoms. The predicted octanol–water partition coefficient (Wildman–Crippen LogP) is 5.43. The third kappa shape index (κ3) is 4.90. The molecular formula is C19H14F6N4O2. The van der Waals surface area contributed by atoms with Crippen LogP contribution in [0.4, 0.5) is 42.5 Å². The van der Waals surface area contributed by atoms with Crippen molar-refractivity contribution < 1.29 is 35.9 Å². The number of benzene rings is 2. The summed E-state index contributed by atoms with van der Waals surface area (Å²) in [6.07, 6.45) is -9.94. The molecule has 0 fully saturated rings. The van der Waals surface area contributed by atoms with Gasteiger partial charge in [-0.25, -0.2) is 9.78 Å². The molecule has 31 heavy (non-hydrogen) atoms. The molecule has 164 valence electrons. The average molecular weight is 444 g/mol. The zero-order valence-electron chi connectivity index (χ0n) is 15.7. The monoisotopic (exact) mass is 444 g/mol. The smallest absolute Gasteiger partial charge is 0.433 e. The van der Waals surface area contributed by atoms with Crippen molar-refractivity contribution in [2.75, 3.05) is 17.9 Å². The maximum atomic E-state index is 13.3. The summed E-state index contributed by atoms with van der Waals surface area (Å²) in [5.41, 5.74) is 0.378. The molecule has 2 amide bonds. The van der Waals surface area contributed by atoms with Crippen LogP contribution < -0.4 is 20.9 Å². The lowest BCUT2D eigenvalue weighted by Gasteiger charge is -2.17. The Hall–Kier alpha value is -3.70. The van der Waals surface area contributed by atoms with Crippen LogP contribution in [0, 0.1) is 0 Å². The molecule has 0 atom stereocenters. The fourth-order valence-electron chi connectivity index (χ4n) is 2.75. The van der Waals surface area contributed by atoms with Gasteiger partial charge < -0.3 is 10.1 Å². The minimum absolute atomic E-state index is 0.263. The number of amides is 2. The summed E-state index contributed by atoms with van der Waals surface area (Å²) in [4.78, 5) is 15.3. The zero-order chi connectivity index (χ0) is 22.8. The number of hydrazine groups is 1. The van der Waals surface area contributed by atoms with Crippen molar-refractivity contribution >= 4 is 28.3 Å². The highest BCUT2D eigenvalue weighted by Crippen LogP contribution is 2.38. The van der Waals surface area contributed by atoms with Crippen LogP contribution in [-0.4, -0.2) is 18.1 Å². The van der Waals surface area contributed by atoms with Gasteiger partial charge in [0.25, 0.3) is 0 Å². The highest BCUT2D eigenvalue weighted by atomic mass is 19.4. The van der Waals surface area contributed by atoms with Crippen molar-refractivity contribution in [2.45, 2.75) is 12.4 Å². The minimum Gasteiger partial charge on any atom is -0.495 e. The standard InChI is InChI=1S/C19H14F6N4O2/c1-31-14-8-3-2-7-12(14)26-17(30)29-28-13-9-15(19(23,24)25)27-16-10(13)5-4-6-11(16)18(20,21)22/h2-9H,1H3,(H,27,28)(H2,26,29,30). The molecule has 0 radical (unpaired) electrons. The number of alkyl halides is 6. The van der Waals surface area contributed by atoms with Gasteiger partial charge in [-0.1, -0.05) is 24.3 Å². The van der Waals surface area contributed by atoms with Gasteiger partial charge in [0, 0.05) is 5.39 Å². The number of halogens is 6. The molecule has 3 N–H and O–H groups in total. The summed E-state index contributed by atoms with van der Waals surface area (Å²) >= 11 is 0. The number of urea groups is 1. The van der Waals surface area contributed by atoms with Gasteiger partial charge in [0.1, 0.15) is 11.4 Å². The normalized spacial score (nSPS) is 11.8. The lowest BCUT2D eigenvalue weighted by Crippen LogP contribution is -2.34. The fourth-order valence-corrected chi connectivity index (χ4v) is 2.75. The van der Waals surface area contributed by atoms with E-state index >= 15 is 0 Å². The molecular weight excluding hydrogens is 430 g/mol. The molecule has 1 heterocycles. The highest BCUT2D eigenvalue weighted by molar-refractivity contribution is 5.96. The topological polar surface area (TPSA) is 75.3 Å². The van der Waals surface area contributed by atoms with Crippen LogP contribution >= 0.6 is 0 Å². The first kappa shape index (κ1) is 22.0. The van der Waals surface area contributed by atoms with Gasteiger partial charge in [0.2, 0.25) is 0 Å². The molecule has 1 aromatic heterocycles. The summed E-state index contributed by atoms with van der Waals surface area (Å²) < 4.78 is 84.5. The van der Waals surface area contributed by atoms with Crippen LogP contribution in [-0.2, 0) is 12.4 Å². The Kier molecular flexibility index (Phi) is 5.82. The fraction of sp³-hybridized carbons (Fsp3) is 0.158. The molecule has 0 unspecified atom stereocenters. The largest absolute Gasteiger partial charge is 0.495 e. The number of carbonyl (C=O) groups excluding carboxylic acids is 1. The first-order valence-electron chi connectivity index (χ1n) is 8.55. The van der Waals surface area contributed by atoms with E-state index < -0.39 is 40.8 Å². The molecule has 6 nitrogen and oxygen atoms in total.